The van der Waals surface area contributed by atoms with E-state index in [-0.39, 0.29) is 17.7 Å². The summed E-state index contributed by atoms with van der Waals surface area (Å²) in [5, 5.41) is 2.83. The van der Waals surface area contributed by atoms with Gasteiger partial charge in [0.15, 0.2) is 0 Å². The molecule has 0 fully saturated rings. The summed E-state index contributed by atoms with van der Waals surface area (Å²) >= 11 is 0. The fourth-order valence-corrected chi connectivity index (χ4v) is 2.47. The largest absolute Gasteiger partial charge is 0.337 e. The summed E-state index contributed by atoms with van der Waals surface area (Å²) < 4.78 is 26.8. The van der Waals surface area contributed by atoms with Crippen molar-refractivity contribution in [1.29, 1.82) is 0 Å². The maximum absolute atomic E-state index is 13.9. The molecular formula is C19H22F2N2O. The Hall–Kier alpha value is -2.43. The van der Waals surface area contributed by atoms with Crippen LogP contribution in [0.4, 0.5) is 13.6 Å². The molecule has 0 saturated heterocycles. The summed E-state index contributed by atoms with van der Waals surface area (Å²) in [4.78, 5) is 13.7. The molecule has 0 radical (unpaired) electrons. The highest BCUT2D eigenvalue weighted by atomic mass is 19.1. The lowest BCUT2D eigenvalue weighted by molar-refractivity contribution is 0.204. The Kier molecular flexibility index (Phi) is 5.54. The molecule has 24 heavy (non-hydrogen) atoms. The van der Waals surface area contributed by atoms with Gasteiger partial charge in [-0.15, -0.1) is 0 Å². The molecule has 3 nitrogen and oxygen atoms in total. The first-order chi connectivity index (χ1) is 11.3. The van der Waals surface area contributed by atoms with E-state index in [4.69, 9.17) is 0 Å². The zero-order valence-electron chi connectivity index (χ0n) is 14.1. The van der Waals surface area contributed by atoms with Crippen LogP contribution in [-0.2, 0) is 12.0 Å². The van der Waals surface area contributed by atoms with Crippen LogP contribution in [0.1, 0.15) is 25.0 Å². The molecule has 0 aliphatic heterocycles. The van der Waals surface area contributed by atoms with E-state index < -0.39 is 5.41 Å². The summed E-state index contributed by atoms with van der Waals surface area (Å²) in [5.74, 6) is -0.589. The summed E-state index contributed by atoms with van der Waals surface area (Å²) in [6.45, 7) is 4.43. The topological polar surface area (TPSA) is 32.3 Å². The molecule has 2 aromatic rings. The fourth-order valence-electron chi connectivity index (χ4n) is 2.47. The second kappa shape index (κ2) is 7.43. The first kappa shape index (κ1) is 17.9. The molecule has 5 heteroatoms. The number of nitrogens with one attached hydrogen (secondary N) is 1. The van der Waals surface area contributed by atoms with Crippen LogP contribution < -0.4 is 5.32 Å². The number of urea groups is 1. The zero-order valence-corrected chi connectivity index (χ0v) is 14.1. The number of amides is 2. The summed E-state index contributed by atoms with van der Waals surface area (Å²) in [7, 11) is 1.66. The maximum Gasteiger partial charge on any atom is 0.317 e. The Morgan fingerprint density at radius 2 is 1.71 bits per heavy atom. The Morgan fingerprint density at radius 1 is 1.08 bits per heavy atom. The molecule has 2 rings (SSSR count). The van der Waals surface area contributed by atoms with E-state index in [9.17, 15) is 13.6 Å². The second-order valence-electron chi connectivity index (χ2n) is 6.50. The van der Waals surface area contributed by atoms with Crippen molar-refractivity contribution >= 4 is 6.03 Å². The van der Waals surface area contributed by atoms with Gasteiger partial charge in [-0.05, 0) is 29.3 Å². The minimum Gasteiger partial charge on any atom is -0.337 e. The van der Waals surface area contributed by atoms with E-state index in [0.29, 0.717) is 18.7 Å². The van der Waals surface area contributed by atoms with Crippen molar-refractivity contribution in [3.05, 3.63) is 71.3 Å². The van der Waals surface area contributed by atoms with Crippen molar-refractivity contribution in [3.63, 3.8) is 0 Å². The van der Waals surface area contributed by atoms with Gasteiger partial charge in [-0.1, -0.05) is 44.2 Å². The van der Waals surface area contributed by atoms with Crippen molar-refractivity contribution < 1.29 is 13.6 Å². The van der Waals surface area contributed by atoms with E-state index in [1.807, 2.05) is 13.8 Å². The molecule has 0 bridgehead atoms. The van der Waals surface area contributed by atoms with Crippen LogP contribution in [-0.4, -0.2) is 24.5 Å². The van der Waals surface area contributed by atoms with Gasteiger partial charge in [-0.25, -0.2) is 13.6 Å². The zero-order chi connectivity index (χ0) is 17.7. The van der Waals surface area contributed by atoms with Gasteiger partial charge >= 0.3 is 6.03 Å². The van der Waals surface area contributed by atoms with Crippen LogP contribution in [0.25, 0.3) is 0 Å². The van der Waals surface area contributed by atoms with Gasteiger partial charge in [-0.3, -0.25) is 0 Å². The molecule has 0 aliphatic rings. The number of rotatable bonds is 5. The molecule has 0 atom stereocenters. The third kappa shape index (κ3) is 4.54. The number of carbonyl (C=O) groups is 1. The normalized spacial score (nSPS) is 11.2. The minimum atomic E-state index is -0.530. The Morgan fingerprint density at radius 3 is 2.33 bits per heavy atom. The Balaban J connectivity index is 1.94. The Labute approximate surface area is 141 Å². The number of halogens is 2. The van der Waals surface area contributed by atoms with Crippen molar-refractivity contribution in [1.82, 2.24) is 10.2 Å². The predicted octanol–water partition coefficient (Wildman–Crippen LogP) is 4.08. The first-order valence-electron chi connectivity index (χ1n) is 7.78. The average Bonchev–Trinajstić information content (AvgIpc) is 2.55. The first-order valence-corrected chi connectivity index (χ1v) is 7.78. The number of benzene rings is 2. The molecule has 0 unspecified atom stereocenters. The van der Waals surface area contributed by atoms with Gasteiger partial charge in [0, 0.05) is 25.6 Å². The number of hydrogen-bond donors (Lipinski definition) is 1. The van der Waals surface area contributed by atoms with E-state index in [1.54, 1.807) is 37.4 Å². The van der Waals surface area contributed by atoms with Crippen LogP contribution in [0.15, 0.2) is 48.5 Å². The molecule has 0 saturated carbocycles. The van der Waals surface area contributed by atoms with Crippen molar-refractivity contribution in [2.24, 2.45) is 0 Å². The third-order valence-corrected chi connectivity index (χ3v) is 3.96. The molecule has 0 aliphatic carbocycles. The van der Waals surface area contributed by atoms with Crippen LogP contribution >= 0.6 is 0 Å². The lowest BCUT2D eigenvalue weighted by Gasteiger charge is -2.27. The SMILES string of the molecule is CN(Cc1ccc(F)cc1)C(=O)NCC(C)(C)c1ccccc1F. The quantitative estimate of drug-likeness (QED) is 0.879. The maximum atomic E-state index is 13.9. The summed E-state index contributed by atoms with van der Waals surface area (Å²) in [6, 6.07) is 12.3. The van der Waals surface area contributed by atoms with Crippen LogP contribution in [0.5, 0.6) is 0 Å². The molecule has 0 aromatic heterocycles. The fraction of sp³-hybridized carbons (Fsp3) is 0.316. The van der Waals surface area contributed by atoms with Crippen LogP contribution in [0.3, 0.4) is 0 Å². The van der Waals surface area contributed by atoms with Gasteiger partial charge in [-0.2, -0.15) is 0 Å². The number of carbonyl (C=O) groups excluding carboxylic acids is 1. The molecule has 0 spiro atoms. The average molecular weight is 332 g/mol. The van der Waals surface area contributed by atoms with Gasteiger partial charge in [0.05, 0.1) is 0 Å². The standard InChI is InChI=1S/C19H22F2N2O/c1-19(2,16-6-4-5-7-17(16)21)13-22-18(24)23(3)12-14-8-10-15(20)11-9-14/h4-11H,12-13H2,1-3H3,(H,22,24). The highest BCUT2D eigenvalue weighted by Crippen LogP contribution is 2.24. The van der Waals surface area contributed by atoms with Crippen molar-refractivity contribution in [3.8, 4) is 0 Å². The molecule has 2 amide bonds. The summed E-state index contributed by atoms with van der Waals surface area (Å²) in [5.41, 5.74) is 0.867. The third-order valence-electron chi connectivity index (χ3n) is 3.96. The van der Waals surface area contributed by atoms with Crippen LogP contribution in [0.2, 0.25) is 0 Å². The van der Waals surface area contributed by atoms with Gasteiger partial charge in [0.25, 0.3) is 0 Å². The predicted molar refractivity (Wildman–Crippen MR) is 90.7 cm³/mol. The lowest BCUT2D eigenvalue weighted by Crippen LogP contribution is -2.43. The lowest BCUT2D eigenvalue weighted by atomic mass is 9.84. The van der Waals surface area contributed by atoms with E-state index >= 15 is 0 Å². The van der Waals surface area contributed by atoms with E-state index in [1.165, 1.54) is 23.1 Å². The molecular weight excluding hydrogens is 310 g/mol. The highest BCUT2D eigenvalue weighted by Gasteiger charge is 2.25. The minimum absolute atomic E-state index is 0.260. The monoisotopic (exact) mass is 332 g/mol. The van der Waals surface area contributed by atoms with E-state index in [2.05, 4.69) is 5.32 Å². The van der Waals surface area contributed by atoms with Gasteiger partial charge < -0.3 is 10.2 Å². The number of hydrogen-bond acceptors (Lipinski definition) is 1. The van der Waals surface area contributed by atoms with Crippen molar-refractivity contribution in [2.75, 3.05) is 13.6 Å². The number of nitrogens with zero attached hydrogens (tertiary/aromatic N) is 1. The molecule has 2 aromatic carbocycles. The van der Waals surface area contributed by atoms with Crippen molar-refractivity contribution in [2.45, 2.75) is 25.8 Å². The highest BCUT2D eigenvalue weighted by molar-refractivity contribution is 5.74. The van der Waals surface area contributed by atoms with E-state index in [0.717, 1.165) is 5.56 Å². The summed E-state index contributed by atoms with van der Waals surface area (Å²) in [6.07, 6.45) is 0. The Bertz CT molecular complexity index is 699. The second-order valence-corrected chi connectivity index (χ2v) is 6.50. The van der Waals surface area contributed by atoms with Crippen LogP contribution in [0, 0.1) is 11.6 Å². The molecule has 1 N–H and O–H groups in total. The smallest absolute Gasteiger partial charge is 0.317 e. The van der Waals surface area contributed by atoms with Gasteiger partial charge in [0.2, 0.25) is 0 Å². The molecule has 0 heterocycles. The van der Waals surface area contributed by atoms with Gasteiger partial charge in [0.1, 0.15) is 11.6 Å². The molecule has 128 valence electrons.